The molecule has 2 aromatic rings. The maximum absolute atomic E-state index is 13.0. The van der Waals surface area contributed by atoms with Gasteiger partial charge in [0.1, 0.15) is 0 Å². The quantitative estimate of drug-likeness (QED) is 0.847. The Labute approximate surface area is 148 Å². The second-order valence-electron chi connectivity index (χ2n) is 6.54. The summed E-state index contributed by atoms with van der Waals surface area (Å²) in [5.41, 5.74) is 3.38. The minimum absolute atomic E-state index is 0.0290. The molecular weight excluding hydrogens is 336 g/mol. The van der Waals surface area contributed by atoms with Crippen molar-refractivity contribution in [2.75, 3.05) is 16.3 Å². The van der Waals surface area contributed by atoms with Crippen LogP contribution < -0.4 is 9.21 Å². The van der Waals surface area contributed by atoms with E-state index in [-0.39, 0.29) is 16.8 Å². The Balaban J connectivity index is 1.98. The molecule has 0 unspecified atom stereocenters. The molecule has 6 heteroatoms. The Morgan fingerprint density at radius 3 is 2.40 bits per heavy atom. The number of hydrogen-bond donors (Lipinski definition) is 0. The highest BCUT2D eigenvalue weighted by atomic mass is 32.2. The Morgan fingerprint density at radius 1 is 1.16 bits per heavy atom. The van der Waals surface area contributed by atoms with E-state index >= 15 is 0 Å². The summed E-state index contributed by atoms with van der Waals surface area (Å²) in [7, 11) is -2.10. The van der Waals surface area contributed by atoms with Crippen LogP contribution in [0.25, 0.3) is 0 Å². The van der Waals surface area contributed by atoms with Gasteiger partial charge in [-0.1, -0.05) is 17.7 Å². The lowest BCUT2D eigenvalue weighted by Gasteiger charge is -2.22. The largest absolute Gasteiger partial charge is 0.309 e. The number of rotatable bonds is 3. The van der Waals surface area contributed by atoms with E-state index in [4.69, 9.17) is 0 Å². The van der Waals surface area contributed by atoms with Gasteiger partial charge in [0.2, 0.25) is 5.91 Å². The lowest BCUT2D eigenvalue weighted by Crippen LogP contribution is -2.33. The third kappa shape index (κ3) is 3.02. The molecule has 1 atom stereocenters. The minimum Gasteiger partial charge on any atom is -0.309 e. The van der Waals surface area contributed by atoms with Gasteiger partial charge in [0.05, 0.1) is 10.6 Å². The second-order valence-corrected chi connectivity index (χ2v) is 8.51. The molecule has 0 aromatic heterocycles. The molecule has 0 spiro atoms. The van der Waals surface area contributed by atoms with Crippen molar-refractivity contribution in [2.24, 2.45) is 0 Å². The molecule has 1 aliphatic rings. The fourth-order valence-electron chi connectivity index (χ4n) is 3.30. The molecule has 132 valence electrons. The monoisotopic (exact) mass is 358 g/mol. The summed E-state index contributed by atoms with van der Waals surface area (Å²) in [4.78, 5) is 13.8. The number of nitrogens with zero attached hydrogens (tertiary/aromatic N) is 2. The number of fused-ring (bicyclic) bond motifs is 1. The van der Waals surface area contributed by atoms with Crippen LogP contribution in [-0.2, 0) is 21.2 Å². The molecule has 0 saturated heterocycles. The number of amides is 1. The highest BCUT2D eigenvalue weighted by Gasteiger charge is 2.31. The van der Waals surface area contributed by atoms with Crippen LogP contribution in [0, 0.1) is 6.92 Å². The van der Waals surface area contributed by atoms with Gasteiger partial charge in [-0.15, -0.1) is 0 Å². The molecule has 0 saturated carbocycles. The lowest BCUT2D eigenvalue weighted by atomic mass is 10.1. The van der Waals surface area contributed by atoms with Gasteiger partial charge < -0.3 is 4.90 Å². The van der Waals surface area contributed by atoms with Gasteiger partial charge in [0.15, 0.2) is 0 Å². The van der Waals surface area contributed by atoms with E-state index in [1.807, 2.05) is 26.0 Å². The van der Waals surface area contributed by atoms with E-state index in [0.29, 0.717) is 12.1 Å². The Morgan fingerprint density at radius 2 is 1.80 bits per heavy atom. The van der Waals surface area contributed by atoms with E-state index in [9.17, 15) is 13.2 Å². The third-order valence-electron chi connectivity index (χ3n) is 4.66. The van der Waals surface area contributed by atoms with E-state index < -0.39 is 10.0 Å². The van der Waals surface area contributed by atoms with Crippen molar-refractivity contribution in [3.8, 4) is 0 Å². The van der Waals surface area contributed by atoms with Crippen LogP contribution in [0.1, 0.15) is 25.0 Å². The average molecular weight is 358 g/mol. The van der Waals surface area contributed by atoms with Gasteiger partial charge in [0, 0.05) is 25.7 Å². The normalized spacial score (nSPS) is 16.6. The van der Waals surface area contributed by atoms with Crippen molar-refractivity contribution in [1.82, 2.24) is 0 Å². The molecule has 0 N–H and O–H groups in total. The summed E-state index contributed by atoms with van der Waals surface area (Å²) in [5.74, 6) is -0.0290. The molecule has 25 heavy (non-hydrogen) atoms. The highest BCUT2D eigenvalue weighted by molar-refractivity contribution is 7.92. The fourth-order valence-corrected chi connectivity index (χ4v) is 4.55. The van der Waals surface area contributed by atoms with Crippen molar-refractivity contribution < 1.29 is 13.2 Å². The zero-order chi connectivity index (χ0) is 18.4. The van der Waals surface area contributed by atoms with Crippen molar-refractivity contribution in [3.05, 3.63) is 53.6 Å². The highest BCUT2D eigenvalue weighted by Crippen LogP contribution is 2.34. The number of carbonyl (C=O) groups excluding carboxylic acids is 1. The first-order valence-corrected chi connectivity index (χ1v) is 9.64. The SMILES string of the molecule is CC(=O)N1c2ccc(S(=O)(=O)N(C)c3ccc(C)cc3)cc2C[C@H]1C. The third-order valence-corrected chi connectivity index (χ3v) is 6.44. The van der Waals surface area contributed by atoms with Crippen LogP contribution in [0.2, 0.25) is 0 Å². The first kappa shape index (κ1) is 17.5. The Hall–Kier alpha value is -2.34. The first-order valence-electron chi connectivity index (χ1n) is 8.20. The molecule has 1 aliphatic heterocycles. The molecule has 3 rings (SSSR count). The van der Waals surface area contributed by atoms with Crippen molar-refractivity contribution in [3.63, 3.8) is 0 Å². The van der Waals surface area contributed by atoms with E-state index in [1.54, 1.807) is 42.3 Å². The number of hydrogen-bond acceptors (Lipinski definition) is 3. The van der Waals surface area contributed by atoms with Crippen LogP contribution in [0.5, 0.6) is 0 Å². The standard InChI is InChI=1S/C19H22N2O3S/c1-13-5-7-17(8-6-13)20(4)25(23,24)18-9-10-19-16(12-18)11-14(2)21(19)15(3)22/h5-10,12,14H,11H2,1-4H3/t14-/m1/s1. The van der Waals surface area contributed by atoms with Gasteiger partial charge in [-0.3, -0.25) is 9.10 Å². The molecule has 5 nitrogen and oxygen atoms in total. The minimum atomic E-state index is -3.65. The fraction of sp³-hybridized carbons (Fsp3) is 0.316. The smallest absolute Gasteiger partial charge is 0.264 e. The second kappa shape index (κ2) is 6.19. The topological polar surface area (TPSA) is 57.7 Å². The number of anilines is 2. The van der Waals surface area contributed by atoms with E-state index in [1.165, 1.54) is 11.2 Å². The summed E-state index contributed by atoms with van der Waals surface area (Å²) in [6.07, 6.45) is 0.659. The van der Waals surface area contributed by atoms with E-state index in [2.05, 4.69) is 0 Å². The molecule has 1 heterocycles. The van der Waals surface area contributed by atoms with Gasteiger partial charge in [-0.05, 0) is 56.2 Å². The van der Waals surface area contributed by atoms with Crippen molar-refractivity contribution in [2.45, 2.75) is 38.1 Å². The predicted octanol–water partition coefficient (Wildman–Crippen LogP) is 3.12. The summed E-state index contributed by atoms with van der Waals surface area (Å²) < 4.78 is 27.2. The molecule has 0 radical (unpaired) electrons. The molecule has 0 aliphatic carbocycles. The molecule has 0 fully saturated rings. The van der Waals surface area contributed by atoms with Gasteiger partial charge in [-0.25, -0.2) is 8.42 Å². The van der Waals surface area contributed by atoms with Crippen LogP contribution in [-0.4, -0.2) is 27.4 Å². The maximum atomic E-state index is 13.0. The maximum Gasteiger partial charge on any atom is 0.264 e. The van der Waals surface area contributed by atoms with Crippen LogP contribution in [0.15, 0.2) is 47.4 Å². The molecular formula is C19H22N2O3S. The van der Waals surface area contributed by atoms with Gasteiger partial charge in [-0.2, -0.15) is 0 Å². The molecule has 2 aromatic carbocycles. The van der Waals surface area contributed by atoms with Crippen molar-refractivity contribution >= 4 is 27.3 Å². The summed E-state index contributed by atoms with van der Waals surface area (Å²) in [5, 5.41) is 0. The number of sulfonamides is 1. The van der Waals surface area contributed by atoms with Crippen LogP contribution >= 0.6 is 0 Å². The van der Waals surface area contributed by atoms with Gasteiger partial charge in [0.25, 0.3) is 10.0 Å². The summed E-state index contributed by atoms with van der Waals surface area (Å²) in [6.45, 7) is 5.45. The van der Waals surface area contributed by atoms with Crippen LogP contribution in [0.4, 0.5) is 11.4 Å². The van der Waals surface area contributed by atoms with Crippen molar-refractivity contribution in [1.29, 1.82) is 0 Å². The Bertz CT molecular complexity index is 920. The molecule has 0 bridgehead atoms. The zero-order valence-electron chi connectivity index (χ0n) is 14.9. The van der Waals surface area contributed by atoms with Gasteiger partial charge >= 0.3 is 0 Å². The average Bonchev–Trinajstić information content (AvgIpc) is 2.89. The number of aryl methyl sites for hydroxylation is 1. The Kier molecular flexibility index (Phi) is 4.33. The van der Waals surface area contributed by atoms with Crippen LogP contribution in [0.3, 0.4) is 0 Å². The number of benzene rings is 2. The first-order chi connectivity index (χ1) is 11.7. The zero-order valence-corrected chi connectivity index (χ0v) is 15.7. The number of carbonyl (C=O) groups is 1. The molecule has 1 amide bonds. The summed E-state index contributed by atoms with van der Waals surface area (Å²) in [6, 6.07) is 12.4. The van der Waals surface area contributed by atoms with E-state index in [0.717, 1.165) is 16.8 Å². The lowest BCUT2D eigenvalue weighted by molar-refractivity contribution is -0.116. The predicted molar refractivity (Wildman–Crippen MR) is 99.5 cm³/mol. The summed E-state index contributed by atoms with van der Waals surface area (Å²) >= 11 is 0.